The van der Waals surface area contributed by atoms with Crippen molar-refractivity contribution in [3.05, 3.63) is 35.7 Å². The lowest BCUT2D eigenvalue weighted by Crippen LogP contribution is -2.54. The number of aliphatic hydroxyl groups is 2. The fraction of sp³-hybridized carbons (Fsp3) is 0.636. The molecular formula is C22H39N7O2. The molecule has 2 bridgehead atoms. The molecule has 1 saturated carbocycles. The zero-order valence-corrected chi connectivity index (χ0v) is 19.0. The molecule has 1 aromatic rings. The van der Waals surface area contributed by atoms with Crippen LogP contribution in [0.1, 0.15) is 33.1 Å². The lowest BCUT2D eigenvalue weighted by molar-refractivity contribution is -0.0467. The third kappa shape index (κ3) is 5.94. The number of nitrogens with zero attached hydrogens (tertiary/aromatic N) is 3. The minimum atomic E-state index is -0.901. The van der Waals surface area contributed by atoms with Crippen molar-refractivity contribution in [1.82, 2.24) is 20.4 Å². The van der Waals surface area contributed by atoms with E-state index in [1.165, 1.54) is 6.20 Å². The van der Waals surface area contributed by atoms with Gasteiger partial charge in [-0.05, 0) is 38.4 Å². The highest BCUT2D eigenvalue weighted by Gasteiger charge is 2.55. The molecule has 1 aromatic heterocycles. The predicted octanol–water partition coefficient (Wildman–Crippen LogP) is 0.868. The largest absolute Gasteiger partial charge is 0.404 e. The first kappa shape index (κ1) is 25.1. The van der Waals surface area contributed by atoms with E-state index in [1.54, 1.807) is 12.3 Å². The van der Waals surface area contributed by atoms with E-state index in [0.29, 0.717) is 17.2 Å². The lowest BCUT2D eigenvalue weighted by atomic mass is 9.72. The van der Waals surface area contributed by atoms with Crippen LogP contribution >= 0.6 is 0 Å². The molecule has 31 heavy (non-hydrogen) atoms. The maximum atomic E-state index is 11.7. The van der Waals surface area contributed by atoms with Crippen molar-refractivity contribution in [2.45, 2.75) is 38.7 Å². The molecule has 2 fully saturated rings. The van der Waals surface area contributed by atoms with Crippen LogP contribution in [0.15, 0.2) is 40.7 Å². The molecule has 2 atom stereocenters. The second-order valence-electron chi connectivity index (χ2n) is 8.14. The molecular weight excluding hydrogens is 394 g/mol. The fourth-order valence-corrected chi connectivity index (χ4v) is 4.67. The minimum Gasteiger partial charge on any atom is -0.404 e. The predicted molar refractivity (Wildman–Crippen MR) is 125 cm³/mol. The quantitative estimate of drug-likeness (QED) is 0.154. The van der Waals surface area contributed by atoms with Gasteiger partial charge in [-0.1, -0.05) is 19.9 Å². The van der Waals surface area contributed by atoms with E-state index in [1.807, 2.05) is 13.0 Å². The van der Waals surface area contributed by atoms with Gasteiger partial charge in [0.05, 0.1) is 18.4 Å². The minimum absolute atomic E-state index is 0.184. The third-order valence-electron chi connectivity index (χ3n) is 6.01. The molecule has 0 aromatic carbocycles. The average molecular weight is 434 g/mol. The maximum absolute atomic E-state index is 11.7. The summed E-state index contributed by atoms with van der Waals surface area (Å²) >= 11 is 0. The number of aliphatic imine (C=N–C) groups is 1. The average Bonchev–Trinajstić information content (AvgIpc) is 3.30. The number of hydrogen-bond acceptors (Lipinski definition) is 7. The molecule has 1 aliphatic heterocycles. The van der Waals surface area contributed by atoms with Gasteiger partial charge in [-0.2, -0.15) is 5.10 Å². The van der Waals surface area contributed by atoms with Gasteiger partial charge in [-0.3, -0.25) is 5.10 Å². The van der Waals surface area contributed by atoms with Crippen molar-refractivity contribution in [3.8, 4) is 0 Å². The number of nitrogens with two attached hydrogens (primary N) is 2. The SMILES string of the molecule is CCNCCO.CC\C=C(C(=C/N)/C(N)=N/c1ccn[nH]1)\C1(O)C2CCC1CN(C)C2. The summed E-state index contributed by atoms with van der Waals surface area (Å²) < 4.78 is 0. The van der Waals surface area contributed by atoms with Crippen molar-refractivity contribution >= 4 is 11.7 Å². The Hall–Kier alpha value is -2.20. The Balaban J connectivity index is 0.000000501. The van der Waals surface area contributed by atoms with Crippen LogP contribution in [0.5, 0.6) is 0 Å². The van der Waals surface area contributed by atoms with Gasteiger partial charge in [0, 0.05) is 49.3 Å². The number of aliphatic hydroxyl groups excluding tert-OH is 1. The second-order valence-corrected chi connectivity index (χ2v) is 8.14. The van der Waals surface area contributed by atoms with Crippen molar-refractivity contribution in [1.29, 1.82) is 0 Å². The molecule has 3 rings (SSSR count). The van der Waals surface area contributed by atoms with Crippen LogP contribution in [0.3, 0.4) is 0 Å². The molecule has 0 spiro atoms. The van der Waals surface area contributed by atoms with Crippen LogP contribution in [0.25, 0.3) is 0 Å². The van der Waals surface area contributed by atoms with Crippen molar-refractivity contribution < 1.29 is 10.2 Å². The highest BCUT2D eigenvalue weighted by molar-refractivity contribution is 6.02. The van der Waals surface area contributed by atoms with Crippen molar-refractivity contribution in [3.63, 3.8) is 0 Å². The summed E-state index contributed by atoms with van der Waals surface area (Å²) in [6.07, 6.45) is 7.95. The number of piperidine rings is 1. The second kappa shape index (κ2) is 12.0. The molecule has 2 aliphatic rings. The van der Waals surface area contributed by atoms with Crippen molar-refractivity contribution in [2.75, 3.05) is 39.8 Å². The van der Waals surface area contributed by atoms with E-state index in [2.05, 4.69) is 39.4 Å². The monoisotopic (exact) mass is 433 g/mol. The molecule has 1 saturated heterocycles. The Labute approximate surface area is 185 Å². The molecule has 2 heterocycles. The normalized spacial score (nSPS) is 27.2. The van der Waals surface area contributed by atoms with Gasteiger partial charge in [0.2, 0.25) is 0 Å². The first-order valence-corrected chi connectivity index (χ1v) is 11.1. The van der Waals surface area contributed by atoms with Crippen LogP contribution in [0.2, 0.25) is 0 Å². The number of rotatable bonds is 8. The highest BCUT2D eigenvalue weighted by atomic mass is 16.3. The van der Waals surface area contributed by atoms with E-state index in [4.69, 9.17) is 16.6 Å². The molecule has 8 N–H and O–H groups in total. The van der Waals surface area contributed by atoms with Gasteiger partial charge < -0.3 is 31.9 Å². The van der Waals surface area contributed by atoms with Gasteiger partial charge in [0.25, 0.3) is 0 Å². The molecule has 2 unspecified atom stereocenters. The smallest absolute Gasteiger partial charge is 0.150 e. The molecule has 9 nitrogen and oxygen atoms in total. The van der Waals surface area contributed by atoms with E-state index < -0.39 is 5.60 Å². The van der Waals surface area contributed by atoms with Gasteiger partial charge in [0.1, 0.15) is 11.7 Å². The molecule has 9 heteroatoms. The topological polar surface area (TPSA) is 149 Å². The summed E-state index contributed by atoms with van der Waals surface area (Å²) in [4.78, 5) is 6.67. The lowest BCUT2D eigenvalue weighted by Gasteiger charge is -2.45. The first-order chi connectivity index (χ1) is 14.9. The van der Waals surface area contributed by atoms with Crippen LogP contribution in [0, 0.1) is 11.8 Å². The molecule has 174 valence electrons. The van der Waals surface area contributed by atoms with E-state index >= 15 is 0 Å². The maximum Gasteiger partial charge on any atom is 0.150 e. The zero-order valence-electron chi connectivity index (χ0n) is 19.0. The third-order valence-corrected chi connectivity index (χ3v) is 6.01. The summed E-state index contributed by atoms with van der Waals surface area (Å²) in [5.41, 5.74) is 12.7. The Bertz CT molecular complexity index is 740. The number of allylic oxidation sites excluding steroid dienone is 1. The van der Waals surface area contributed by atoms with E-state index in [-0.39, 0.29) is 18.4 Å². The molecule has 1 aliphatic carbocycles. The number of aromatic nitrogens is 2. The van der Waals surface area contributed by atoms with Crippen molar-refractivity contribution in [2.24, 2.45) is 28.3 Å². The highest BCUT2D eigenvalue weighted by Crippen LogP contribution is 2.50. The fourth-order valence-electron chi connectivity index (χ4n) is 4.67. The summed E-state index contributed by atoms with van der Waals surface area (Å²) in [7, 11) is 2.11. The van der Waals surface area contributed by atoms with Crippen LogP contribution in [-0.4, -0.2) is 76.6 Å². The number of H-pyrrole nitrogens is 1. The first-order valence-electron chi connectivity index (χ1n) is 11.1. The van der Waals surface area contributed by atoms with Crippen LogP contribution in [-0.2, 0) is 0 Å². The number of hydrogen-bond donors (Lipinski definition) is 6. The van der Waals surface area contributed by atoms with Gasteiger partial charge in [-0.15, -0.1) is 0 Å². The summed E-state index contributed by atoms with van der Waals surface area (Å²) in [5.74, 6) is 1.22. The van der Waals surface area contributed by atoms with Crippen LogP contribution < -0.4 is 16.8 Å². The summed E-state index contributed by atoms with van der Waals surface area (Å²) in [6.45, 7) is 7.73. The Kier molecular flexibility index (Phi) is 9.70. The molecule has 0 amide bonds. The van der Waals surface area contributed by atoms with Crippen LogP contribution in [0.4, 0.5) is 5.82 Å². The van der Waals surface area contributed by atoms with E-state index in [0.717, 1.165) is 51.0 Å². The number of likely N-dealkylation sites (tertiary alicyclic amines) is 1. The number of fused-ring (bicyclic) bond motifs is 2. The number of nitrogens with one attached hydrogen (secondary N) is 2. The Morgan fingerprint density at radius 3 is 2.52 bits per heavy atom. The number of amidine groups is 1. The zero-order chi connectivity index (χ0) is 22.9. The Morgan fingerprint density at radius 2 is 2.06 bits per heavy atom. The summed E-state index contributed by atoms with van der Waals surface area (Å²) in [5, 5.41) is 29.5. The standard InChI is InChI=1S/C18H28N6O.C4H11NO/c1-3-4-15(14(9-19)17(20)22-16-7-8-21-23-16)18(25)12-5-6-13(18)11-24(2)10-12;1-2-5-3-4-6/h4,7-9,12-13,25H,3,5-6,10-11,19H2,1-2H3,(H3,20,21,22,23);5-6H,2-4H2,1H3/b14-9-,15-4+;. The van der Waals surface area contributed by atoms with E-state index in [9.17, 15) is 5.11 Å². The number of aromatic amines is 1. The van der Waals surface area contributed by atoms with Gasteiger partial charge >= 0.3 is 0 Å². The van der Waals surface area contributed by atoms with Gasteiger partial charge in [-0.25, -0.2) is 4.99 Å². The summed E-state index contributed by atoms with van der Waals surface area (Å²) in [6, 6.07) is 1.73. The molecule has 0 radical (unpaired) electrons. The van der Waals surface area contributed by atoms with Gasteiger partial charge in [0.15, 0.2) is 0 Å². The Morgan fingerprint density at radius 1 is 1.39 bits per heavy atom. The number of likely N-dealkylation sites (N-methyl/N-ethyl adjacent to an activating group) is 1.